The molecule has 7 heteroatoms. The van der Waals surface area contributed by atoms with E-state index < -0.39 is 0 Å². The molecule has 1 aliphatic rings. The second-order valence-electron chi connectivity index (χ2n) is 7.57. The Morgan fingerprint density at radius 1 is 1.09 bits per heavy atom. The zero-order valence-electron chi connectivity index (χ0n) is 20.4. The van der Waals surface area contributed by atoms with E-state index in [4.69, 9.17) is 4.74 Å². The SMILES string of the molecule is CC.CN.CN(C)C1CCN(c2ccc(-n3ccc(OCc4ccccc4)cc3=O)cn2)C1. The molecule has 0 bridgehead atoms. The van der Waals surface area contributed by atoms with Crippen LogP contribution >= 0.6 is 0 Å². The van der Waals surface area contributed by atoms with Crippen LogP contribution in [0.5, 0.6) is 5.75 Å². The summed E-state index contributed by atoms with van der Waals surface area (Å²) in [6.45, 7) is 6.42. The maximum Gasteiger partial charge on any atom is 0.258 e. The fourth-order valence-electron chi connectivity index (χ4n) is 3.58. The highest BCUT2D eigenvalue weighted by atomic mass is 16.5. The van der Waals surface area contributed by atoms with Gasteiger partial charge >= 0.3 is 0 Å². The van der Waals surface area contributed by atoms with E-state index in [0.717, 1.165) is 36.6 Å². The third-order valence-corrected chi connectivity index (χ3v) is 5.37. The Balaban J connectivity index is 0.000000914. The number of ether oxygens (including phenoxy) is 1. The van der Waals surface area contributed by atoms with E-state index in [9.17, 15) is 4.79 Å². The molecule has 3 heterocycles. The number of rotatable bonds is 6. The van der Waals surface area contributed by atoms with Gasteiger partial charge in [-0.1, -0.05) is 44.2 Å². The standard InChI is InChI=1S/C23H26N4O2.C2H6.CH5N/c1-25(2)20-10-12-26(16-20)22-9-8-19(15-24-22)27-13-11-21(14-23(27)28)29-17-18-6-4-3-5-7-18;2*1-2/h3-9,11,13-15,20H,10,12,16-17H2,1-2H3;1-2H3;2H2,1H3. The third kappa shape index (κ3) is 7.17. The van der Waals surface area contributed by atoms with Crippen molar-refractivity contribution >= 4 is 5.82 Å². The topological polar surface area (TPSA) is 76.6 Å². The average molecular weight is 452 g/mol. The first-order chi connectivity index (χ1) is 16.1. The van der Waals surface area contributed by atoms with Gasteiger partial charge in [-0.25, -0.2) is 4.98 Å². The lowest BCUT2D eigenvalue weighted by atomic mass is 10.2. The molecule has 2 N–H and O–H groups in total. The summed E-state index contributed by atoms with van der Waals surface area (Å²) in [6.07, 6.45) is 4.63. The van der Waals surface area contributed by atoms with Crippen LogP contribution in [-0.4, -0.2) is 54.7 Å². The summed E-state index contributed by atoms with van der Waals surface area (Å²) in [4.78, 5) is 21.7. The minimum atomic E-state index is -0.140. The van der Waals surface area contributed by atoms with Crippen LogP contribution in [0.15, 0.2) is 71.8 Å². The molecule has 178 valence electrons. The van der Waals surface area contributed by atoms with Gasteiger partial charge in [0.05, 0.1) is 11.9 Å². The van der Waals surface area contributed by atoms with Crippen molar-refractivity contribution in [3.05, 3.63) is 82.9 Å². The molecule has 0 amide bonds. The summed E-state index contributed by atoms with van der Waals surface area (Å²) in [5.74, 6) is 1.51. The number of aromatic nitrogens is 2. The maximum atomic E-state index is 12.6. The highest BCUT2D eigenvalue weighted by Crippen LogP contribution is 2.21. The van der Waals surface area contributed by atoms with Crippen molar-refractivity contribution in [3.8, 4) is 11.4 Å². The normalized spacial score (nSPS) is 14.8. The summed E-state index contributed by atoms with van der Waals surface area (Å²) < 4.78 is 7.32. The number of pyridine rings is 2. The molecule has 0 spiro atoms. The molecule has 2 aromatic heterocycles. The third-order valence-electron chi connectivity index (χ3n) is 5.37. The number of nitrogens with two attached hydrogens (primary N) is 1. The second-order valence-corrected chi connectivity index (χ2v) is 7.57. The van der Waals surface area contributed by atoms with E-state index in [-0.39, 0.29) is 5.56 Å². The Labute approximate surface area is 197 Å². The predicted molar refractivity (Wildman–Crippen MR) is 136 cm³/mol. The van der Waals surface area contributed by atoms with Crippen LogP contribution in [0.3, 0.4) is 0 Å². The first-order valence-corrected chi connectivity index (χ1v) is 11.4. The molecule has 7 nitrogen and oxygen atoms in total. The molecule has 1 aliphatic heterocycles. The minimum absolute atomic E-state index is 0.140. The molecule has 0 aliphatic carbocycles. The largest absolute Gasteiger partial charge is 0.489 e. The van der Waals surface area contributed by atoms with Gasteiger partial charge in [-0.05, 0) is 51.3 Å². The van der Waals surface area contributed by atoms with Crippen LogP contribution in [0.2, 0.25) is 0 Å². The van der Waals surface area contributed by atoms with Gasteiger partial charge in [0, 0.05) is 31.4 Å². The van der Waals surface area contributed by atoms with Crippen molar-refractivity contribution in [2.45, 2.75) is 32.9 Å². The molecule has 0 radical (unpaired) electrons. The fraction of sp³-hybridized carbons (Fsp3) is 0.385. The molecule has 1 saturated heterocycles. The summed E-state index contributed by atoms with van der Waals surface area (Å²) in [5.41, 5.74) is 6.17. The van der Waals surface area contributed by atoms with Crippen LogP contribution in [0.1, 0.15) is 25.8 Å². The zero-order chi connectivity index (χ0) is 24.2. The van der Waals surface area contributed by atoms with Crippen LogP contribution in [0.4, 0.5) is 5.82 Å². The molecule has 1 aromatic carbocycles. The van der Waals surface area contributed by atoms with Crippen LogP contribution < -0.4 is 20.9 Å². The molecule has 1 fully saturated rings. The summed E-state index contributed by atoms with van der Waals surface area (Å²) in [5, 5.41) is 0. The second kappa shape index (κ2) is 13.4. The number of nitrogens with zero attached hydrogens (tertiary/aromatic N) is 4. The van der Waals surface area contributed by atoms with Crippen LogP contribution in [-0.2, 0) is 6.61 Å². The van der Waals surface area contributed by atoms with E-state index in [0.29, 0.717) is 18.4 Å². The number of likely N-dealkylation sites (N-methyl/N-ethyl adjacent to an activating group) is 1. The number of hydrogen-bond donors (Lipinski definition) is 1. The van der Waals surface area contributed by atoms with E-state index in [1.807, 2.05) is 56.3 Å². The smallest absolute Gasteiger partial charge is 0.258 e. The Hall–Kier alpha value is -3.16. The average Bonchev–Trinajstić information content (AvgIpc) is 3.37. The van der Waals surface area contributed by atoms with Gasteiger partial charge in [-0.15, -0.1) is 0 Å². The zero-order valence-corrected chi connectivity index (χ0v) is 20.4. The lowest BCUT2D eigenvalue weighted by molar-refractivity contribution is 0.305. The molecule has 33 heavy (non-hydrogen) atoms. The van der Waals surface area contributed by atoms with E-state index in [2.05, 4.69) is 34.6 Å². The molecular weight excluding hydrogens is 414 g/mol. The van der Waals surface area contributed by atoms with Crippen molar-refractivity contribution in [3.63, 3.8) is 0 Å². The predicted octanol–water partition coefficient (Wildman–Crippen LogP) is 3.55. The monoisotopic (exact) mass is 451 g/mol. The molecular formula is C26H37N5O2. The van der Waals surface area contributed by atoms with Gasteiger partial charge < -0.3 is 20.3 Å². The molecule has 3 aromatic rings. The van der Waals surface area contributed by atoms with Crippen molar-refractivity contribution in [2.75, 3.05) is 39.1 Å². The van der Waals surface area contributed by atoms with Gasteiger partial charge in [-0.3, -0.25) is 9.36 Å². The Kier molecular flexibility index (Phi) is 10.6. The highest BCUT2D eigenvalue weighted by molar-refractivity contribution is 5.44. The molecule has 4 rings (SSSR count). The highest BCUT2D eigenvalue weighted by Gasteiger charge is 2.24. The first-order valence-electron chi connectivity index (χ1n) is 11.4. The Morgan fingerprint density at radius 2 is 1.82 bits per heavy atom. The Bertz CT molecular complexity index is 1000. The van der Waals surface area contributed by atoms with Crippen LogP contribution in [0.25, 0.3) is 5.69 Å². The molecule has 0 saturated carbocycles. The lowest BCUT2D eigenvalue weighted by Crippen LogP contribution is -2.31. The minimum Gasteiger partial charge on any atom is -0.489 e. The fourth-order valence-corrected chi connectivity index (χ4v) is 3.58. The summed E-state index contributed by atoms with van der Waals surface area (Å²) >= 11 is 0. The van der Waals surface area contributed by atoms with Gasteiger partial charge in [-0.2, -0.15) is 0 Å². The molecule has 1 atom stereocenters. The van der Waals surface area contributed by atoms with E-state index in [1.54, 1.807) is 23.0 Å². The summed E-state index contributed by atoms with van der Waals surface area (Å²) in [7, 11) is 5.73. The van der Waals surface area contributed by atoms with E-state index in [1.165, 1.54) is 13.1 Å². The Morgan fingerprint density at radius 3 is 2.39 bits per heavy atom. The van der Waals surface area contributed by atoms with Crippen LogP contribution in [0, 0.1) is 0 Å². The molecule has 1 unspecified atom stereocenters. The van der Waals surface area contributed by atoms with Gasteiger partial charge in [0.2, 0.25) is 0 Å². The number of anilines is 1. The number of benzene rings is 1. The van der Waals surface area contributed by atoms with Gasteiger partial charge in [0.25, 0.3) is 5.56 Å². The quantitative estimate of drug-likeness (QED) is 0.618. The van der Waals surface area contributed by atoms with E-state index >= 15 is 0 Å². The van der Waals surface area contributed by atoms with Gasteiger partial charge in [0.1, 0.15) is 18.2 Å². The summed E-state index contributed by atoms with van der Waals surface area (Å²) in [6, 6.07) is 17.7. The van der Waals surface area contributed by atoms with Crippen molar-refractivity contribution in [1.82, 2.24) is 14.5 Å². The van der Waals surface area contributed by atoms with Crippen molar-refractivity contribution in [2.24, 2.45) is 5.73 Å². The van der Waals surface area contributed by atoms with Crippen molar-refractivity contribution < 1.29 is 4.74 Å². The maximum absolute atomic E-state index is 12.6. The lowest BCUT2D eigenvalue weighted by Gasteiger charge is -2.21. The number of hydrogen-bond acceptors (Lipinski definition) is 6. The van der Waals surface area contributed by atoms with Gasteiger partial charge in [0.15, 0.2) is 0 Å². The van der Waals surface area contributed by atoms with Crippen molar-refractivity contribution in [1.29, 1.82) is 0 Å². The first kappa shape index (κ1) is 26.1.